The van der Waals surface area contributed by atoms with Gasteiger partial charge in [0.05, 0.1) is 9.83 Å². The fourth-order valence-electron chi connectivity index (χ4n) is 1.69. The minimum absolute atomic E-state index is 0.0313. The predicted molar refractivity (Wildman–Crippen MR) is 87.1 cm³/mol. The van der Waals surface area contributed by atoms with E-state index in [1.807, 2.05) is 19.2 Å². The molecule has 0 aliphatic heterocycles. The molecule has 18 heavy (non-hydrogen) atoms. The topological polar surface area (TPSA) is 12.0 Å². The van der Waals surface area contributed by atoms with E-state index >= 15 is 0 Å². The SMILES string of the molecule is CNC(c1cc(Br)c(Br)s1)c1cc(Cl)ccc1Cl. The van der Waals surface area contributed by atoms with Crippen LogP contribution in [0.1, 0.15) is 16.5 Å². The van der Waals surface area contributed by atoms with Crippen LogP contribution in [0.15, 0.2) is 32.5 Å². The first kappa shape index (κ1) is 14.8. The normalized spacial score (nSPS) is 12.7. The second-order valence-electron chi connectivity index (χ2n) is 3.66. The minimum atomic E-state index is 0.0313. The number of hydrogen-bond donors (Lipinski definition) is 1. The van der Waals surface area contributed by atoms with Crippen molar-refractivity contribution in [1.29, 1.82) is 0 Å². The molecule has 96 valence electrons. The molecule has 0 radical (unpaired) electrons. The van der Waals surface area contributed by atoms with Gasteiger partial charge in [-0.3, -0.25) is 0 Å². The highest BCUT2D eigenvalue weighted by Crippen LogP contribution is 2.39. The minimum Gasteiger partial charge on any atom is -0.309 e. The largest absolute Gasteiger partial charge is 0.309 e. The van der Waals surface area contributed by atoms with Crippen molar-refractivity contribution < 1.29 is 0 Å². The molecule has 1 heterocycles. The molecule has 1 atom stereocenters. The molecule has 0 aliphatic rings. The van der Waals surface area contributed by atoms with Crippen LogP contribution in [0.5, 0.6) is 0 Å². The first-order chi connectivity index (χ1) is 8.52. The van der Waals surface area contributed by atoms with Crippen LogP contribution in [-0.2, 0) is 0 Å². The van der Waals surface area contributed by atoms with Crippen molar-refractivity contribution in [2.45, 2.75) is 6.04 Å². The van der Waals surface area contributed by atoms with Crippen molar-refractivity contribution in [1.82, 2.24) is 5.32 Å². The summed E-state index contributed by atoms with van der Waals surface area (Å²) in [4.78, 5) is 1.17. The van der Waals surface area contributed by atoms with Gasteiger partial charge in [0.25, 0.3) is 0 Å². The molecular weight excluding hydrogens is 421 g/mol. The van der Waals surface area contributed by atoms with Crippen LogP contribution in [0.25, 0.3) is 0 Å². The molecule has 1 unspecified atom stereocenters. The Kier molecular flexibility index (Phi) is 5.14. The van der Waals surface area contributed by atoms with Crippen molar-refractivity contribution in [3.63, 3.8) is 0 Å². The third-order valence-electron chi connectivity index (χ3n) is 2.51. The zero-order valence-electron chi connectivity index (χ0n) is 9.31. The van der Waals surface area contributed by atoms with Gasteiger partial charge in [0, 0.05) is 19.4 Å². The Hall–Kier alpha value is 0.420. The fourth-order valence-corrected chi connectivity index (χ4v) is 4.32. The molecule has 0 spiro atoms. The molecule has 1 nitrogen and oxygen atoms in total. The number of benzene rings is 1. The number of rotatable bonds is 3. The Morgan fingerprint density at radius 2 is 1.94 bits per heavy atom. The number of nitrogens with one attached hydrogen (secondary N) is 1. The van der Waals surface area contributed by atoms with Gasteiger partial charge in [0.1, 0.15) is 0 Å². The summed E-state index contributed by atoms with van der Waals surface area (Å²) < 4.78 is 2.11. The smallest absolute Gasteiger partial charge is 0.0843 e. The average Bonchev–Trinajstić information content (AvgIpc) is 2.65. The highest BCUT2D eigenvalue weighted by molar-refractivity contribution is 9.13. The molecule has 1 aromatic heterocycles. The van der Waals surface area contributed by atoms with E-state index < -0.39 is 0 Å². The number of halogens is 4. The Morgan fingerprint density at radius 1 is 1.22 bits per heavy atom. The van der Waals surface area contributed by atoms with Gasteiger partial charge >= 0.3 is 0 Å². The van der Waals surface area contributed by atoms with E-state index in [0.717, 1.165) is 13.8 Å². The molecule has 0 aliphatic carbocycles. The standard InChI is InChI=1S/C12H9Br2Cl2NS/c1-17-11(10-5-8(13)12(14)18-10)7-4-6(15)2-3-9(7)16/h2-5,11,17H,1H3. The molecule has 1 aromatic carbocycles. The molecule has 6 heteroatoms. The molecule has 1 N–H and O–H groups in total. The third-order valence-corrected chi connectivity index (χ3v) is 6.41. The summed E-state index contributed by atoms with van der Waals surface area (Å²) in [5.41, 5.74) is 0.980. The summed E-state index contributed by atoms with van der Waals surface area (Å²) in [7, 11) is 1.91. The zero-order chi connectivity index (χ0) is 13.3. The van der Waals surface area contributed by atoms with E-state index in [0.29, 0.717) is 10.0 Å². The zero-order valence-corrected chi connectivity index (χ0v) is 14.8. The monoisotopic (exact) mass is 427 g/mol. The maximum atomic E-state index is 6.25. The van der Waals surface area contributed by atoms with Gasteiger partial charge in [0.15, 0.2) is 0 Å². The summed E-state index contributed by atoms with van der Waals surface area (Å²) in [5.74, 6) is 0. The molecule has 0 fully saturated rings. The fraction of sp³-hybridized carbons (Fsp3) is 0.167. The van der Waals surface area contributed by atoms with E-state index in [1.54, 1.807) is 17.4 Å². The van der Waals surface area contributed by atoms with Gasteiger partial charge in [0.2, 0.25) is 0 Å². The summed E-state index contributed by atoms with van der Waals surface area (Å²) in [6, 6.07) is 7.62. The average molecular weight is 430 g/mol. The Morgan fingerprint density at radius 3 is 2.50 bits per heavy atom. The molecular formula is C12H9Br2Cl2NS. The van der Waals surface area contributed by atoms with Crippen LogP contribution in [-0.4, -0.2) is 7.05 Å². The van der Waals surface area contributed by atoms with Gasteiger partial charge in [-0.05, 0) is 68.7 Å². The van der Waals surface area contributed by atoms with Crippen LogP contribution < -0.4 is 5.32 Å². The van der Waals surface area contributed by atoms with Gasteiger partial charge in [-0.15, -0.1) is 11.3 Å². The van der Waals surface area contributed by atoms with E-state index in [2.05, 4.69) is 43.2 Å². The van der Waals surface area contributed by atoms with E-state index in [9.17, 15) is 0 Å². The van der Waals surface area contributed by atoms with Crippen LogP contribution >= 0.6 is 66.4 Å². The quantitative estimate of drug-likeness (QED) is 0.641. The maximum Gasteiger partial charge on any atom is 0.0843 e. The van der Waals surface area contributed by atoms with Gasteiger partial charge in [-0.1, -0.05) is 23.2 Å². The van der Waals surface area contributed by atoms with Gasteiger partial charge < -0.3 is 5.32 Å². The van der Waals surface area contributed by atoms with Crippen molar-refractivity contribution in [3.8, 4) is 0 Å². The van der Waals surface area contributed by atoms with Gasteiger partial charge in [-0.2, -0.15) is 0 Å². The number of hydrogen-bond acceptors (Lipinski definition) is 2. The van der Waals surface area contributed by atoms with Crippen LogP contribution in [0, 0.1) is 0 Å². The van der Waals surface area contributed by atoms with E-state index in [1.165, 1.54) is 4.88 Å². The van der Waals surface area contributed by atoms with Gasteiger partial charge in [-0.25, -0.2) is 0 Å². The summed E-state index contributed by atoms with van der Waals surface area (Å²) in [6.07, 6.45) is 0. The summed E-state index contributed by atoms with van der Waals surface area (Å²) >= 11 is 21.0. The van der Waals surface area contributed by atoms with Crippen LogP contribution in [0.2, 0.25) is 10.0 Å². The van der Waals surface area contributed by atoms with Crippen LogP contribution in [0.4, 0.5) is 0 Å². The first-order valence-electron chi connectivity index (χ1n) is 5.10. The lowest BCUT2D eigenvalue weighted by Gasteiger charge is -2.16. The van der Waals surface area contributed by atoms with E-state index in [-0.39, 0.29) is 6.04 Å². The molecule has 0 saturated heterocycles. The Labute approximate surface area is 137 Å². The van der Waals surface area contributed by atoms with Crippen molar-refractivity contribution in [2.75, 3.05) is 7.05 Å². The molecule has 2 aromatic rings. The first-order valence-corrected chi connectivity index (χ1v) is 8.25. The lowest BCUT2D eigenvalue weighted by molar-refractivity contribution is 0.704. The Bertz CT molecular complexity index is 552. The lowest BCUT2D eigenvalue weighted by atomic mass is 10.1. The van der Waals surface area contributed by atoms with Crippen molar-refractivity contribution >= 4 is 66.4 Å². The predicted octanol–water partition coefficient (Wildman–Crippen LogP) is 5.89. The van der Waals surface area contributed by atoms with Crippen LogP contribution in [0.3, 0.4) is 0 Å². The maximum absolute atomic E-state index is 6.25. The third kappa shape index (κ3) is 3.11. The second kappa shape index (κ2) is 6.25. The number of thiophene rings is 1. The Balaban J connectivity index is 2.48. The van der Waals surface area contributed by atoms with Crippen molar-refractivity contribution in [3.05, 3.63) is 53.0 Å². The molecule has 2 rings (SSSR count). The summed E-state index contributed by atoms with van der Waals surface area (Å²) in [6.45, 7) is 0. The second-order valence-corrected chi connectivity index (χ2v) is 7.76. The molecule has 0 amide bonds. The van der Waals surface area contributed by atoms with E-state index in [4.69, 9.17) is 23.2 Å². The van der Waals surface area contributed by atoms with Crippen molar-refractivity contribution in [2.24, 2.45) is 0 Å². The highest BCUT2D eigenvalue weighted by atomic mass is 79.9. The summed E-state index contributed by atoms with van der Waals surface area (Å²) in [5, 5.41) is 4.66. The molecule has 0 bridgehead atoms. The highest BCUT2D eigenvalue weighted by Gasteiger charge is 2.19. The lowest BCUT2D eigenvalue weighted by Crippen LogP contribution is -2.16. The molecule has 0 saturated carbocycles.